The average molecular weight is 327 g/mol. The molecule has 1 aromatic heterocycles. The van der Waals surface area contributed by atoms with Crippen LogP contribution in [0.4, 0.5) is 13.2 Å². The molecular weight excluding hydrogens is 311 g/mol. The zero-order chi connectivity index (χ0) is 16.5. The minimum absolute atomic E-state index is 0.0789. The number of halogens is 3. The fourth-order valence-electron chi connectivity index (χ4n) is 2.13. The predicted molar refractivity (Wildman–Crippen MR) is 81.0 cm³/mol. The van der Waals surface area contributed by atoms with E-state index in [2.05, 4.69) is 0 Å². The SMILES string of the molecule is Cc1cc(C(=O)N(C)Cc2ccccc2C(F)(F)F)sc1C. The van der Waals surface area contributed by atoms with E-state index in [9.17, 15) is 18.0 Å². The first-order chi connectivity index (χ1) is 10.2. The average Bonchev–Trinajstić information content (AvgIpc) is 2.77. The number of aryl methyl sites for hydroxylation is 2. The van der Waals surface area contributed by atoms with Gasteiger partial charge in [-0.05, 0) is 37.1 Å². The molecule has 2 nitrogen and oxygen atoms in total. The molecule has 2 rings (SSSR count). The standard InChI is InChI=1S/C16H16F3NOS/c1-10-8-14(22-11(10)2)15(21)20(3)9-12-6-4-5-7-13(12)16(17,18)19/h4-8H,9H2,1-3H3. The van der Waals surface area contributed by atoms with E-state index in [0.717, 1.165) is 16.5 Å². The topological polar surface area (TPSA) is 20.3 Å². The first-order valence-electron chi connectivity index (χ1n) is 6.67. The van der Waals surface area contributed by atoms with Crippen molar-refractivity contribution in [1.29, 1.82) is 0 Å². The van der Waals surface area contributed by atoms with E-state index in [1.807, 2.05) is 13.8 Å². The summed E-state index contributed by atoms with van der Waals surface area (Å²) in [4.78, 5) is 15.2. The van der Waals surface area contributed by atoms with Gasteiger partial charge in [-0.3, -0.25) is 4.79 Å². The number of rotatable bonds is 3. The van der Waals surface area contributed by atoms with E-state index in [-0.39, 0.29) is 18.0 Å². The van der Waals surface area contributed by atoms with Crippen LogP contribution < -0.4 is 0 Å². The molecule has 0 aliphatic heterocycles. The Hall–Kier alpha value is -1.82. The van der Waals surface area contributed by atoms with Crippen molar-refractivity contribution in [1.82, 2.24) is 4.90 Å². The zero-order valence-electron chi connectivity index (χ0n) is 12.5. The molecule has 0 unspecified atom stereocenters. The second-order valence-corrected chi connectivity index (χ2v) is 6.42. The molecule has 0 aliphatic carbocycles. The van der Waals surface area contributed by atoms with Crippen LogP contribution in [0.15, 0.2) is 30.3 Å². The van der Waals surface area contributed by atoms with Crippen molar-refractivity contribution >= 4 is 17.2 Å². The van der Waals surface area contributed by atoms with Gasteiger partial charge in [-0.1, -0.05) is 18.2 Å². The largest absolute Gasteiger partial charge is 0.416 e. The third kappa shape index (κ3) is 3.50. The summed E-state index contributed by atoms with van der Waals surface area (Å²) in [5, 5.41) is 0. The maximum absolute atomic E-state index is 13.0. The molecule has 0 N–H and O–H groups in total. The summed E-state index contributed by atoms with van der Waals surface area (Å²) in [7, 11) is 1.51. The van der Waals surface area contributed by atoms with E-state index in [0.29, 0.717) is 4.88 Å². The minimum atomic E-state index is -4.42. The molecule has 0 saturated heterocycles. The van der Waals surface area contributed by atoms with Gasteiger partial charge in [0.1, 0.15) is 0 Å². The van der Waals surface area contributed by atoms with Crippen LogP contribution in [0.2, 0.25) is 0 Å². The number of nitrogens with zero attached hydrogens (tertiary/aromatic N) is 1. The maximum Gasteiger partial charge on any atom is 0.416 e. The fraction of sp³-hybridized carbons (Fsp3) is 0.312. The van der Waals surface area contributed by atoms with Gasteiger partial charge >= 0.3 is 6.18 Å². The van der Waals surface area contributed by atoms with Crippen LogP contribution in [0.3, 0.4) is 0 Å². The van der Waals surface area contributed by atoms with Gasteiger partial charge in [-0.15, -0.1) is 11.3 Å². The van der Waals surface area contributed by atoms with E-state index >= 15 is 0 Å². The Morgan fingerprint density at radius 2 is 1.86 bits per heavy atom. The van der Waals surface area contributed by atoms with E-state index in [1.54, 1.807) is 12.1 Å². The molecule has 1 aromatic carbocycles. The van der Waals surface area contributed by atoms with Crippen molar-refractivity contribution in [2.24, 2.45) is 0 Å². The normalized spacial score (nSPS) is 11.5. The molecule has 0 atom stereocenters. The quantitative estimate of drug-likeness (QED) is 0.803. The van der Waals surface area contributed by atoms with Crippen LogP contribution in [0, 0.1) is 13.8 Å². The molecule has 22 heavy (non-hydrogen) atoms. The van der Waals surface area contributed by atoms with E-state index < -0.39 is 11.7 Å². The van der Waals surface area contributed by atoms with Gasteiger partial charge in [0.15, 0.2) is 0 Å². The smallest absolute Gasteiger partial charge is 0.337 e. The lowest BCUT2D eigenvalue weighted by Gasteiger charge is -2.19. The molecule has 6 heteroatoms. The van der Waals surface area contributed by atoms with Crippen LogP contribution >= 0.6 is 11.3 Å². The molecule has 0 saturated carbocycles. The first kappa shape index (κ1) is 16.5. The number of carbonyl (C=O) groups excluding carboxylic acids is 1. The van der Waals surface area contributed by atoms with E-state index in [4.69, 9.17) is 0 Å². The highest BCUT2D eigenvalue weighted by atomic mass is 32.1. The highest BCUT2D eigenvalue weighted by molar-refractivity contribution is 7.14. The molecule has 0 fully saturated rings. The lowest BCUT2D eigenvalue weighted by atomic mass is 10.1. The van der Waals surface area contributed by atoms with Gasteiger partial charge in [0, 0.05) is 18.5 Å². The molecule has 0 radical (unpaired) electrons. The Morgan fingerprint density at radius 3 is 2.41 bits per heavy atom. The Morgan fingerprint density at radius 1 is 1.23 bits per heavy atom. The molecule has 118 valence electrons. The van der Waals surface area contributed by atoms with Crippen LogP contribution in [0.1, 0.15) is 31.2 Å². The van der Waals surface area contributed by atoms with Crippen LogP contribution in [0.25, 0.3) is 0 Å². The second-order valence-electron chi connectivity index (χ2n) is 5.17. The van der Waals surface area contributed by atoms with Crippen LogP contribution in [0.5, 0.6) is 0 Å². The van der Waals surface area contributed by atoms with Crippen molar-refractivity contribution in [3.63, 3.8) is 0 Å². The third-order valence-electron chi connectivity index (χ3n) is 3.45. The van der Waals surface area contributed by atoms with Gasteiger partial charge in [-0.25, -0.2) is 0 Å². The Bertz CT molecular complexity index is 671. The Labute approximate surface area is 131 Å². The highest BCUT2D eigenvalue weighted by Crippen LogP contribution is 2.32. The summed E-state index contributed by atoms with van der Waals surface area (Å²) < 4.78 is 38.9. The number of carbonyl (C=O) groups is 1. The number of thiophene rings is 1. The van der Waals surface area contributed by atoms with Gasteiger partial charge in [0.25, 0.3) is 5.91 Å². The molecule has 0 aliphatic rings. The third-order valence-corrected chi connectivity index (χ3v) is 4.59. The lowest BCUT2D eigenvalue weighted by molar-refractivity contribution is -0.138. The molecule has 2 aromatic rings. The zero-order valence-corrected chi connectivity index (χ0v) is 13.3. The minimum Gasteiger partial charge on any atom is -0.337 e. The number of hydrogen-bond donors (Lipinski definition) is 0. The summed E-state index contributed by atoms with van der Waals surface area (Å²) in [5.41, 5.74) is 0.404. The number of benzene rings is 1. The predicted octanol–water partition coefficient (Wildman–Crippen LogP) is 4.66. The second kappa shape index (κ2) is 6.12. The van der Waals surface area contributed by atoms with Crippen LogP contribution in [-0.2, 0) is 12.7 Å². The maximum atomic E-state index is 13.0. The summed E-state index contributed by atoms with van der Waals surface area (Å²) >= 11 is 1.36. The highest BCUT2D eigenvalue weighted by Gasteiger charge is 2.33. The molecule has 1 amide bonds. The first-order valence-corrected chi connectivity index (χ1v) is 7.49. The monoisotopic (exact) mass is 327 g/mol. The number of alkyl halides is 3. The molecular formula is C16H16F3NOS. The summed E-state index contributed by atoms with van der Waals surface area (Å²) in [6, 6.07) is 7.10. The van der Waals surface area contributed by atoms with Crippen molar-refractivity contribution in [3.8, 4) is 0 Å². The van der Waals surface area contributed by atoms with Crippen molar-refractivity contribution < 1.29 is 18.0 Å². The number of hydrogen-bond acceptors (Lipinski definition) is 2. The van der Waals surface area contributed by atoms with Crippen molar-refractivity contribution in [2.75, 3.05) is 7.05 Å². The molecule has 1 heterocycles. The van der Waals surface area contributed by atoms with Gasteiger partial charge < -0.3 is 4.90 Å². The van der Waals surface area contributed by atoms with Gasteiger partial charge in [-0.2, -0.15) is 13.2 Å². The lowest BCUT2D eigenvalue weighted by Crippen LogP contribution is -2.26. The van der Waals surface area contributed by atoms with Crippen LogP contribution in [-0.4, -0.2) is 17.9 Å². The fourth-order valence-corrected chi connectivity index (χ4v) is 3.16. The molecule has 0 bridgehead atoms. The van der Waals surface area contributed by atoms with E-state index in [1.165, 1.54) is 35.4 Å². The summed E-state index contributed by atoms with van der Waals surface area (Å²) in [6.45, 7) is 3.74. The Kier molecular flexibility index (Phi) is 4.60. The Balaban J connectivity index is 2.22. The number of amides is 1. The van der Waals surface area contributed by atoms with Gasteiger partial charge in [0.05, 0.1) is 10.4 Å². The summed E-state index contributed by atoms with van der Waals surface area (Å²) in [6.07, 6.45) is -4.42. The van der Waals surface area contributed by atoms with Crippen molar-refractivity contribution in [2.45, 2.75) is 26.6 Å². The van der Waals surface area contributed by atoms with Crippen molar-refractivity contribution in [3.05, 3.63) is 56.8 Å². The summed E-state index contributed by atoms with van der Waals surface area (Å²) in [5.74, 6) is -0.266. The molecule has 0 spiro atoms. The van der Waals surface area contributed by atoms with Gasteiger partial charge in [0.2, 0.25) is 0 Å².